The van der Waals surface area contributed by atoms with Gasteiger partial charge in [0.1, 0.15) is 6.61 Å². The lowest BCUT2D eigenvalue weighted by atomic mass is 10.2. The van der Waals surface area contributed by atoms with Crippen LogP contribution in [-0.4, -0.2) is 9.91 Å². The molecule has 0 aliphatic rings. The number of nitro groups is 1. The third-order valence-corrected chi connectivity index (χ3v) is 2.38. The van der Waals surface area contributed by atoms with Gasteiger partial charge in [-0.25, -0.2) is 4.98 Å². The number of aromatic nitrogens is 1. The number of ether oxygens (including phenoxy) is 1. The Labute approximate surface area is 110 Å². The van der Waals surface area contributed by atoms with Crippen LogP contribution in [0.4, 0.5) is 0 Å². The maximum absolute atomic E-state index is 10.2. The molecule has 0 bridgehead atoms. The first kappa shape index (κ1) is 12.8. The van der Waals surface area contributed by atoms with Crippen molar-refractivity contribution in [2.75, 3.05) is 0 Å². The van der Waals surface area contributed by atoms with Crippen LogP contribution in [0.15, 0.2) is 54.9 Å². The molecule has 5 nitrogen and oxygen atoms in total. The van der Waals surface area contributed by atoms with Crippen LogP contribution >= 0.6 is 0 Å². The minimum Gasteiger partial charge on any atom is -0.473 e. The van der Waals surface area contributed by atoms with E-state index in [1.165, 1.54) is 12.3 Å². The Morgan fingerprint density at radius 2 is 2.00 bits per heavy atom. The number of benzene rings is 1. The zero-order chi connectivity index (χ0) is 13.5. The molecule has 0 saturated carbocycles. The van der Waals surface area contributed by atoms with E-state index in [1.807, 2.05) is 30.3 Å². The van der Waals surface area contributed by atoms with Gasteiger partial charge < -0.3 is 4.74 Å². The van der Waals surface area contributed by atoms with Gasteiger partial charge in [0.15, 0.2) is 0 Å². The number of nitrogens with zero attached hydrogens (tertiary/aromatic N) is 2. The average Bonchev–Trinajstić information content (AvgIpc) is 2.45. The van der Waals surface area contributed by atoms with Crippen LogP contribution < -0.4 is 4.74 Å². The molecule has 0 amide bonds. The molecule has 1 aromatic carbocycles. The highest BCUT2D eigenvalue weighted by Gasteiger charge is 1.97. The van der Waals surface area contributed by atoms with E-state index in [0.717, 1.165) is 11.8 Å². The highest BCUT2D eigenvalue weighted by atomic mass is 16.6. The van der Waals surface area contributed by atoms with E-state index in [9.17, 15) is 10.1 Å². The van der Waals surface area contributed by atoms with Crippen molar-refractivity contribution < 1.29 is 9.66 Å². The molecular formula is C14H12N2O3. The average molecular weight is 256 g/mol. The van der Waals surface area contributed by atoms with Crippen molar-refractivity contribution in [2.45, 2.75) is 6.61 Å². The topological polar surface area (TPSA) is 65.3 Å². The third kappa shape index (κ3) is 4.23. The Kier molecular flexibility index (Phi) is 4.23. The van der Waals surface area contributed by atoms with Crippen LogP contribution in [0, 0.1) is 10.1 Å². The molecule has 2 aromatic rings. The fraction of sp³-hybridized carbons (Fsp3) is 0.0714. The molecule has 5 heteroatoms. The summed E-state index contributed by atoms with van der Waals surface area (Å²) in [5.41, 5.74) is 1.71. The van der Waals surface area contributed by atoms with Gasteiger partial charge in [0, 0.05) is 18.3 Å². The second-order valence-corrected chi connectivity index (χ2v) is 3.81. The first-order valence-corrected chi connectivity index (χ1v) is 5.68. The molecule has 0 radical (unpaired) electrons. The van der Waals surface area contributed by atoms with Gasteiger partial charge in [-0.3, -0.25) is 10.1 Å². The molecule has 0 fully saturated rings. The summed E-state index contributed by atoms with van der Waals surface area (Å²) in [5, 5.41) is 10.2. The van der Waals surface area contributed by atoms with Gasteiger partial charge in [-0.15, -0.1) is 0 Å². The highest BCUT2D eigenvalue weighted by Crippen LogP contribution is 2.11. The van der Waals surface area contributed by atoms with Gasteiger partial charge in [0.05, 0.1) is 4.92 Å². The molecule has 0 N–H and O–H groups in total. The van der Waals surface area contributed by atoms with E-state index in [-0.39, 0.29) is 0 Å². The van der Waals surface area contributed by atoms with E-state index < -0.39 is 4.92 Å². The number of hydrogen-bond donors (Lipinski definition) is 0. The maximum Gasteiger partial charge on any atom is 0.235 e. The predicted octanol–water partition coefficient (Wildman–Crippen LogP) is 2.91. The molecule has 2 rings (SSSR count). The van der Waals surface area contributed by atoms with E-state index in [4.69, 9.17) is 4.74 Å². The van der Waals surface area contributed by atoms with Gasteiger partial charge in [-0.1, -0.05) is 30.3 Å². The number of pyridine rings is 1. The normalized spacial score (nSPS) is 10.5. The van der Waals surface area contributed by atoms with Gasteiger partial charge in [-0.2, -0.15) is 0 Å². The summed E-state index contributed by atoms with van der Waals surface area (Å²) in [6.45, 7) is 0.442. The van der Waals surface area contributed by atoms with Gasteiger partial charge in [-0.05, 0) is 17.2 Å². The quantitative estimate of drug-likeness (QED) is 0.609. The van der Waals surface area contributed by atoms with Crippen LogP contribution in [-0.2, 0) is 6.61 Å². The standard InChI is InChI=1S/C14H12N2O3/c17-16(18)9-8-12-6-7-14(15-10-12)19-11-13-4-2-1-3-5-13/h1-10H,11H2. The lowest BCUT2D eigenvalue weighted by Crippen LogP contribution is -1.96. The molecule has 0 saturated heterocycles. The van der Waals surface area contributed by atoms with E-state index in [2.05, 4.69) is 4.98 Å². The largest absolute Gasteiger partial charge is 0.473 e. The second kappa shape index (κ2) is 6.30. The lowest BCUT2D eigenvalue weighted by molar-refractivity contribution is -0.400. The van der Waals surface area contributed by atoms with Crippen molar-refractivity contribution in [3.8, 4) is 5.88 Å². The molecule has 1 aromatic heterocycles. The van der Waals surface area contributed by atoms with E-state index in [0.29, 0.717) is 18.1 Å². The van der Waals surface area contributed by atoms with Gasteiger partial charge in [0.25, 0.3) is 0 Å². The molecule has 0 aliphatic carbocycles. The Balaban J connectivity index is 1.94. The highest BCUT2D eigenvalue weighted by molar-refractivity contribution is 5.46. The minimum absolute atomic E-state index is 0.442. The molecule has 96 valence electrons. The number of hydrogen-bond acceptors (Lipinski definition) is 4. The van der Waals surface area contributed by atoms with Crippen molar-refractivity contribution in [3.05, 3.63) is 76.1 Å². The summed E-state index contributed by atoms with van der Waals surface area (Å²) in [6.07, 6.45) is 3.79. The summed E-state index contributed by atoms with van der Waals surface area (Å²) >= 11 is 0. The van der Waals surface area contributed by atoms with E-state index >= 15 is 0 Å². The minimum atomic E-state index is -0.514. The zero-order valence-electron chi connectivity index (χ0n) is 10.1. The van der Waals surface area contributed by atoms with Crippen LogP contribution in [0.25, 0.3) is 6.08 Å². The Morgan fingerprint density at radius 1 is 1.21 bits per heavy atom. The molecule has 1 heterocycles. The summed E-state index contributed by atoms with van der Waals surface area (Å²) in [7, 11) is 0. The Morgan fingerprint density at radius 3 is 2.63 bits per heavy atom. The zero-order valence-corrected chi connectivity index (χ0v) is 10.1. The molecule has 0 unspecified atom stereocenters. The van der Waals surface area contributed by atoms with Crippen molar-refractivity contribution in [2.24, 2.45) is 0 Å². The summed E-state index contributed by atoms with van der Waals surface area (Å²) in [4.78, 5) is 13.7. The van der Waals surface area contributed by atoms with Crippen molar-refractivity contribution in [3.63, 3.8) is 0 Å². The molecular weight excluding hydrogens is 244 g/mol. The predicted molar refractivity (Wildman–Crippen MR) is 71.0 cm³/mol. The fourth-order valence-corrected chi connectivity index (χ4v) is 1.45. The molecule has 0 atom stereocenters. The monoisotopic (exact) mass is 256 g/mol. The van der Waals surface area contributed by atoms with Crippen molar-refractivity contribution in [1.82, 2.24) is 4.98 Å². The Hall–Kier alpha value is -2.69. The van der Waals surface area contributed by atoms with Crippen LogP contribution in [0.1, 0.15) is 11.1 Å². The Bertz CT molecular complexity index is 565. The lowest BCUT2D eigenvalue weighted by Gasteiger charge is -2.04. The van der Waals surface area contributed by atoms with Crippen LogP contribution in [0.2, 0.25) is 0 Å². The number of rotatable bonds is 5. The van der Waals surface area contributed by atoms with Crippen LogP contribution in [0.3, 0.4) is 0 Å². The summed E-state index contributed by atoms with van der Waals surface area (Å²) < 4.78 is 5.50. The van der Waals surface area contributed by atoms with Crippen molar-refractivity contribution >= 4 is 6.08 Å². The second-order valence-electron chi connectivity index (χ2n) is 3.81. The fourth-order valence-electron chi connectivity index (χ4n) is 1.45. The molecule has 0 aliphatic heterocycles. The van der Waals surface area contributed by atoms with Crippen LogP contribution in [0.5, 0.6) is 5.88 Å². The third-order valence-electron chi connectivity index (χ3n) is 2.38. The molecule has 0 spiro atoms. The first-order valence-electron chi connectivity index (χ1n) is 5.68. The smallest absolute Gasteiger partial charge is 0.235 e. The molecule has 19 heavy (non-hydrogen) atoms. The van der Waals surface area contributed by atoms with E-state index in [1.54, 1.807) is 12.1 Å². The van der Waals surface area contributed by atoms with Crippen molar-refractivity contribution in [1.29, 1.82) is 0 Å². The van der Waals surface area contributed by atoms with Gasteiger partial charge in [0.2, 0.25) is 12.1 Å². The SMILES string of the molecule is O=[N+]([O-])C=Cc1ccc(OCc2ccccc2)nc1. The summed E-state index contributed by atoms with van der Waals surface area (Å²) in [6, 6.07) is 13.2. The first-order chi connectivity index (χ1) is 9.24. The summed E-state index contributed by atoms with van der Waals surface area (Å²) in [5.74, 6) is 0.488. The van der Waals surface area contributed by atoms with Gasteiger partial charge >= 0.3 is 0 Å². The maximum atomic E-state index is 10.2.